The van der Waals surface area contributed by atoms with E-state index in [9.17, 15) is 14.0 Å². The second-order valence-corrected chi connectivity index (χ2v) is 5.82. The molecule has 2 saturated heterocycles. The summed E-state index contributed by atoms with van der Waals surface area (Å²) in [6.45, 7) is 0. The molecule has 0 spiro atoms. The van der Waals surface area contributed by atoms with E-state index >= 15 is 0 Å². The van der Waals surface area contributed by atoms with Crippen LogP contribution in [0.5, 0.6) is 0 Å². The van der Waals surface area contributed by atoms with Gasteiger partial charge in [0.25, 0.3) is 5.91 Å². The van der Waals surface area contributed by atoms with Gasteiger partial charge in [0.05, 0.1) is 10.9 Å². The average Bonchev–Trinajstić information content (AvgIpc) is 2.64. The van der Waals surface area contributed by atoms with E-state index in [0.717, 1.165) is 10.7 Å². The van der Waals surface area contributed by atoms with Gasteiger partial charge in [0, 0.05) is 0 Å². The minimum atomic E-state index is -0.665. The maximum Gasteiger partial charge on any atom is 0.332 e. The number of para-hydroxylation sites is 1. The molecule has 7 heteroatoms. The number of carbonyl (C=O) groups excluding carboxylic acids is 2. The van der Waals surface area contributed by atoms with Crippen molar-refractivity contribution in [2.75, 3.05) is 16.5 Å². The van der Waals surface area contributed by atoms with Gasteiger partial charge in [-0.05, 0) is 24.3 Å². The Kier molecular flexibility index (Phi) is 3.14. The summed E-state index contributed by atoms with van der Waals surface area (Å²) in [5, 5.41) is 0.0641. The molecule has 0 aliphatic carbocycles. The van der Waals surface area contributed by atoms with Crippen molar-refractivity contribution in [1.82, 2.24) is 4.90 Å². The Hall–Kier alpha value is -1.27. The van der Waals surface area contributed by atoms with Crippen molar-refractivity contribution in [2.24, 2.45) is 0 Å². The predicted molar refractivity (Wildman–Crippen MR) is 71.9 cm³/mol. The van der Waals surface area contributed by atoms with Gasteiger partial charge in [-0.1, -0.05) is 17.7 Å². The Morgan fingerprint density at radius 1 is 1.37 bits per heavy atom. The number of nitrogens with zero attached hydrogens (tertiary/aromatic N) is 2. The third kappa shape index (κ3) is 1.90. The molecule has 3 rings (SSSR count). The smallest absolute Gasteiger partial charge is 0.303 e. The highest BCUT2D eigenvalue weighted by molar-refractivity contribution is 7.99. The highest BCUT2D eigenvalue weighted by atomic mass is 35.5. The van der Waals surface area contributed by atoms with E-state index < -0.39 is 23.8 Å². The molecule has 0 N–H and O–H groups in total. The van der Waals surface area contributed by atoms with Crippen molar-refractivity contribution in [2.45, 2.75) is 12.5 Å². The van der Waals surface area contributed by atoms with Crippen LogP contribution in [0.15, 0.2) is 18.2 Å². The van der Waals surface area contributed by atoms with Crippen molar-refractivity contribution in [1.29, 1.82) is 0 Å². The fourth-order valence-corrected chi connectivity index (χ4v) is 3.58. The molecule has 4 nitrogen and oxygen atoms in total. The summed E-state index contributed by atoms with van der Waals surface area (Å²) in [5.74, 6) is 0.218. The van der Waals surface area contributed by atoms with Crippen LogP contribution in [0.25, 0.3) is 0 Å². The highest BCUT2D eigenvalue weighted by Crippen LogP contribution is 2.36. The molecule has 0 aromatic heterocycles. The third-order valence-corrected chi connectivity index (χ3v) is 4.54. The molecule has 2 heterocycles. The van der Waals surface area contributed by atoms with Crippen LogP contribution in [0.3, 0.4) is 0 Å². The van der Waals surface area contributed by atoms with Crippen LogP contribution in [0, 0.1) is 5.82 Å². The molecule has 3 amide bonds. The zero-order valence-corrected chi connectivity index (χ0v) is 11.4. The summed E-state index contributed by atoms with van der Waals surface area (Å²) in [6.07, 6.45) is 0.595. The lowest BCUT2D eigenvalue weighted by Crippen LogP contribution is -2.38. The lowest BCUT2D eigenvalue weighted by atomic mass is 10.2. The molecule has 2 aliphatic rings. The van der Waals surface area contributed by atoms with Crippen LogP contribution in [-0.4, -0.2) is 34.5 Å². The van der Waals surface area contributed by atoms with E-state index in [0.29, 0.717) is 12.3 Å². The fourth-order valence-electron chi connectivity index (χ4n) is 2.33. The van der Waals surface area contributed by atoms with E-state index in [1.54, 1.807) is 11.8 Å². The molecule has 1 aromatic rings. The number of halogens is 2. The van der Waals surface area contributed by atoms with Crippen LogP contribution in [0.1, 0.15) is 6.42 Å². The van der Waals surface area contributed by atoms with E-state index in [2.05, 4.69) is 0 Å². The first-order valence-corrected chi connectivity index (χ1v) is 7.31. The predicted octanol–water partition coefficient (Wildman–Crippen LogP) is 2.71. The van der Waals surface area contributed by atoms with Crippen molar-refractivity contribution in [3.05, 3.63) is 29.0 Å². The van der Waals surface area contributed by atoms with Crippen molar-refractivity contribution in [3.63, 3.8) is 0 Å². The van der Waals surface area contributed by atoms with Crippen molar-refractivity contribution in [3.8, 4) is 0 Å². The zero-order valence-electron chi connectivity index (χ0n) is 9.81. The summed E-state index contributed by atoms with van der Waals surface area (Å²) < 4.78 is 13.9. The number of urea groups is 1. The summed E-state index contributed by atoms with van der Waals surface area (Å²) in [6, 6.07) is 3.12. The highest BCUT2D eigenvalue weighted by Gasteiger charge is 2.48. The monoisotopic (exact) mass is 300 g/mol. The number of amides is 3. The Balaban J connectivity index is 2.06. The van der Waals surface area contributed by atoms with Crippen LogP contribution in [0.4, 0.5) is 14.9 Å². The van der Waals surface area contributed by atoms with Gasteiger partial charge < -0.3 is 4.90 Å². The number of fused-ring (bicyclic) bond motifs is 1. The maximum atomic E-state index is 13.9. The molecule has 19 heavy (non-hydrogen) atoms. The molecule has 1 unspecified atom stereocenters. The molecular formula is C12H10ClFN2O2S. The van der Waals surface area contributed by atoms with Gasteiger partial charge in [0.2, 0.25) is 0 Å². The first-order chi connectivity index (χ1) is 9.11. The van der Waals surface area contributed by atoms with Crippen LogP contribution in [-0.2, 0) is 4.79 Å². The molecule has 1 aromatic carbocycles. The lowest BCUT2D eigenvalue weighted by molar-refractivity contribution is -0.119. The van der Waals surface area contributed by atoms with Gasteiger partial charge in [-0.15, -0.1) is 11.8 Å². The molecule has 0 saturated carbocycles. The fraction of sp³-hybridized carbons (Fsp3) is 0.333. The van der Waals surface area contributed by atoms with Crippen molar-refractivity contribution >= 4 is 41.0 Å². The third-order valence-electron chi connectivity index (χ3n) is 3.25. The van der Waals surface area contributed by atoms with E-state index in [-0.39, 0.29) is 10.7 Å². The zero-order chi connectivity index (χ0) is 13.6. The van der Waals surface area contributed by atoms with Crippen LogP contribution < -0.4 is 4.90 Å². The summed E-state index contributed by atoms with van der Waals surface area (Å²) in [7, 11) is 0. The Morgan fingerprint density at radius 2 is 2.16 bits per heavy atom. The quantitative estimate of drug-likeness (QED) is 0.749. The normalized spacial score (nSPS) is 22.9. The second-order valence-electron chi connectivity index (χ2n) is 4.34. The van der Waals surface area contributed by atoms with E-state index in [4.69, 9.17) is 11.6 Å². The number of rotatable bonds is 1. The van der Waals surface area contributed by atoms with Gasteiger partial charge in [-0.25, -0.2) is 14.1 Å². The van der Waals surface area contributed by atoms with E-state index in [1.165, 1.54) is 23.1 Å². The van der Waals surface area contributed by atoms with Crippen LogP contribution in [0.2, 0.25) is 5.02 Å². The van der Waals surface area contributed by atoms with E-state index in [1.807, 2.05) is 0 Å². The summed E-state index contributed by atoms with van der Waals surface area (Å²) in [5.41, 5.74) is -0.140. The Bertz CT molecular complexity index is 524. The number of thioether (sulfide) groups is 1. The van der Waals surface area contributed by atoms with Crippen LogP contribution >= 0.6 is 23.4 Å². The van der Waals surface area contributed by atoms with Crippen molar-refractivity contribution < 1.29 is 14.0 Å². The maximum absolute atomic E-state index is 13.9. The SMILES string of the molecule is O=C1C2CCSCN2C(=O)N1c1c(F)cccc1Cl. The topological polar surface area (TPSA) is 40.6 Å². The largest absolute Gasteiger partial charge is 0.332 e. The standard InChI is InChI=1S/C12H10ClFN2O2S/c13-7-2-1-3-8(14)10(7)16-11(17)9-4-5-19-6-15(9)12(16)18/h1-3,9H,4-6H2. The van der Waals surface area contributed by atoms with Gasteiger partial charge >= 0.3 is 6.03 Å². The number of hydrogen-bond donors (Lipinski definition) is 0. The average molecular weight is 301 g/mol. The molecular weight excluding hydrogens is 291 g/mol. The van der Waals surface area contributed by atoms with Gasteiger partial charge in [-0.3, -0.25) is 4.79 Å². The minimum absolute atomic E-state index is 0.0641. The molecule has 2 fully saturated rings. The summed E-state index contributed by atoms with van der Waals surface area (Å²) in [4.78, 5) is 26.9. The number of hydrogen-bond acceptors (Lipinski definition) is 3. The number of anilines is 1. The minimum Gasteiger partial charge on any atom is -0.303 e. The first-order valence-electron chi connectivity index (χ1n) is 5.77. The summed E-state index contributed by atoms with van der Waals surface area (Å²) >= 11 is 7.51. The molecule has 100 valence electrons. The Morgan fingerprint density at radius 3 is 2.84 bits per heavy atom. The second kappa shape index (κ2) is 4.68. The number of carbonyl (C=O) groups is 2. The molecule has 0 bridgehead atoms. The molecule has 1 atom stereocenters. The Labute approximate surface area is 118 Å². The van der Waals surface area contributed by atoms with Gasteiger partial charge in [0.15, 0.2) is 0 Å². The first kappa shape index (κ1) is 12.7. The van der Waals surface area contributed by atoms with Gasteiger partial charge in [-0.2, -0.15) is 0 Å². The molecule has 0 radical (unpaired) electrons. The molecule has 2 aliphatic heterocycles. The lowest BCUT2D eigenvalue weighted by Gasteiger charge is -2.25. The van der Waals surface area contributed by atoms with Gasteiger partial charge in [0.1, 0.15) is 17.5 Å². The number of benzene rings is 1. The number of imide groups is 1.